The van der Waals surface area contributed by atoms with Crippen LogP contribution in [-0.4, -0.2) is 52.3 Å². The molecule has 0 aromatic rings. The fourth-order valence-corrected chi connectivity index (χ4v) is 4.58. The third-order valence-electron chi connectivity index (χ3n) is 3.41. The highest BCUT2D eigenvalue weighted by Crippen LogP contribution is 2.47. The molecule has 0 unspecified atom stereocenters. The van der Waals surface area contributed by atoms with E-state index in [-0.39, 0.29) is 0 Å². The molecule has 0 aromatic carbocycles. The lowest BCUT2D eigenvalue weighted by Crippen LogP contribution is -1.94. The van der Waals surface area contributed by atoms with Gasteiger partial charge in [-0.2, -0.15) is 0 Å². The highest BCUT2D eigenvalue weighted by atomic mass is 31.2. The van der Waals surface area contributed by atoms with Gasteiger partial charge in [0, 0.05) is 54.5 Å². The molecule has 0 aliphatic rings. The Morgan fingerprint density at radius 2 is 0.611 bits per heavy atom. The number of hydrogen-bond donors (Lipinski definition) is 0. The lowest BCUT2D eigenvalue weighted by Gasteiger charge is -2.11. The summed E-state index contributed by atoms with van der Waals surface area (Å²) in [4.78, 5) is 0. The summed E-state index contributed by atoms with van der Waals surface area (Å²) in [5.41, 5.74) is 0. The van der Waals surface area contributed by atoms with Crippen molar-refractivity contribution in [1.82, 2.24) is 0 Å². The second kappa shape index (κ2) is 9.72. The van der Waals surface area contributed by atoms with Crippen LogP contribution in [-0.2, 0) is 0 Å². The minimum absolute atomic E-state index is 0.499. The average molecular weight is 292 g/mol. The van der Waals surface area contributed by atoms with Gasteiger partial charge in [-0.3, -0.25) is 0 Å². The predicted octanol–water partition coefficient (Wildman–Crippen LogP) is 5.92. The summed E-state index contributed by atoms with van der Waals surface area (Å²) in [5.74, 6) is 0. The fraction of sp³-hybridized carbons (Fsp3) is 1.00. The molecule has 0 aliphatic heterocycles. The van der Waals surface area contributed by atoms with Crippen LogP contribution in [0.1, 0.15) is 51.4 Å². The molecule has 2 heteroatoms. The maximum Gasteiger partial charge on any atom is 0.0586 e. The van der Waals surface area contributed by atoms with E-state index in [9.17, 15) is 0 Å². The van der Waals surface area contributed by atoms with Crippen molar-refractivity contribution >= 4 is 14.5 Å². The largest absolute Gasteiger partial charge is 0.0586 e. The van der Waals surface area contributed by atoms with Crippen molar-refractivity contribution in [1.29, 1.82) is 0 Å². The van der Waals surface area contributed by atoms with Gasteiger partial charge in [-0.15, -0.1) is 0 Å². The van der Waals surface area contributed by atoms with Crippen molar-refractivity contribution in [2.45, 2.75) is 51.4 Å². The van der Waals surface area contributed by atoms with Crippen molar-refractivity contribution in [3.05, 3.63) is 0 Å². The summed E-state index contributed by atoms with van der Waals surface area (Å²) in [6.07, 6.45) is 14.8. The molecule has 0 atom stereocenters. The van der Waals surface area contributed by atoms with Gasteiger partial charge in [-0.1, -0.05) is 25.7 Å². The van der Waals surface area contributed by atoms with E-state index in [0.29, 0.717) is 0 Å². The van der Waals surface area contributed by atoms with E-state index in [0.717, 1.165) is 0 Å². The highest BCUT2D eigenvalue weighted by Gasteiger charge is 2.16. The molecule has 0 nitrogen and oxygen atoms in total. The zero-order valence-electron chi connectivity index (χ0n) is 14.0. The van der Waals surface area contributed by atoms with Crippen molar-refractivity contribution in [2.75, 3.05) is 52.3 Å². The zero-order valence-corrected chi connectivity index (χ0v) is 15.8. The molecule has 0 bridgehead atoms. The molecule has 0 fully saturated rings. The Balaban J connectivity index is 3.13. The standard InChI is InChI=1S/C16H38P2/c1-17(2,3)15-13-11-9-7-8-10-12-14-16-18(4,5)6/h7-16H2,1-6H3/q+2. The van der Waals surface area contributed by atoms with E-state index in [1.54, 1.807) is 0 Å². The molecule has 0 N–H and O–H groups in total. The van der Waals surface area contributed by atoms with Crippen LogP contribution >= 0.6 is 14.5 Å². The monoisotopic (exact) mass is 292 g/mol. The molecular formula is C16H38P2+2. The molecule has 0 aromatic heterocycles. The molecule has 110 valence electrons. The Bertz CT molecular complexity index is 164. The van der Waals surface area contributed by atoms with Gasteiger partial charge in [-0.25, -0.2) is 0 Å². The molecule has 0 radical (unpaired) electrons. The molecule has 0 saturated carbocycles. The maximum absolute atomic E-state index is 2.46. The fourth-order valence-electron chi connectivity index (χ4n) is 2.23. The van der Waals surface area contributed by atoms with E-state index < -0.39 is 14.5 Å². The maximum atomic E-state index is 2.46. The molecule has 0 saturated heterocycles. The van der Waals surface area contributed by atoms with Crippen molar-refractivity contribution in [3.8, 4) is 0 Å². The lowest BCUT2D eigenvalue weighted by molar-refractivity contribution is 0.586. The second-order valence-electron chi connectivity index (χ2n) is 7.86. The lowest BCUT2D eigenvalue weighted by atomic mass is 10.1. The average Bonchev–Trinajstić information content (AvgIpc) is 2.17. The quantitative estimate of drug-likeness (QED) is 0.327. The van der Waals surface area contributed by atoms with Crippen LogP contribution in [0.2, 0.25) is 0 Å². The molecule has 0 aliphatic carbocycles. The number of hydrogen-bond acceptors (Lipinski definition) is 0. The predicted molar refractivity (Wildman–Crippen MR) is 96.1 cm³/mol. The number of unbranched alkanes of at least 4 members (excludes halogenated alkanes) is 7. The molecule has 0 spiro atoms. The Morgan fingerprint density at radius 1 is 0.389 bits per heavy atom. The molecule has 0 heterocycles. The first-order chi connectivity index (χ1) is 8.21. The van der Waals surface area contributed by atoms with Gasteiger partial charge in [0.25, 0.3) is 0 Å². The van der Waals surface area contributed by atoms with E-state index in [1.807, 2.05) is 0 Å². The summed E-state index contributed by atoms with van der Waals surface area (Å²) in [6.45, 7) is 14.8. The first kappa shape index (κ1) is 18.9. The van der Waals surface area contributed by atoms with Crippen LogP contribution in [0.5, 0.6) is 0 Å². The van der Waals surface area contributed by atoms with Crippen LogP contribution in [0.3, 0.4) is 0 Å². The Kier molecular flexibility index (Phi) is 10.2. The SMILES string of the molecule is C[P+](C)(C)CCCCCCCCCC[P+](C)(C)C. The van der Waals surface area contributed by atoms with E-state index in [1.165, 1.54) is 63.7 Å². The topological polar surface area (TPSA) is 0 Å². The minimum Gasteiger partial charge on any atom is -0.0533 e. The first-order valence-corrected chi connectivity index (χ1v) is 14.4. The van der Waals surface area contributed by atoms with Gasteiger partial charge in [0.2, 0.25) is 0 Å². The Labute approximate surface area is 118 Å². The molecule has 0 amide bonds. The molecule has 0 rings (SSSR count). The minimum atomic E-state index is -0.499. The summed E-state index contributed by atoms with van der Waals surface area (Å²) in [6, 6.07) is 0. The second-order valence-corrected chi connectivity index (χ2v) is 17.9. The van der Waals surface area contributed by atoms with Crippen LogP contribution in [0.4, 0.5) is 0 Å². The first-order valence-electron chi connectivity index (χ1n) is 7.82. The van der Waals surface area contributed by atoms with Crippen LogP contribution in [0, 0.1) is 0 Å². The Hall–Kier alpha value is 0.860. The van der Waals surface area contributed by atoms with E-state index >= 15 is 0 Å². The van der Waals surface area contributed by atoms with E-state index in [4.69, 9.17) is 0 Å². The summed E-state index contributed by atoms with van der Waals surface area (Å²) in [7, 11) is -0.998. The summed E-state index contributed by atoms with van der Waals surface area (Å²) >= 11 is 0. The van der Waals surface area contributed by atoms with E-state index in [2.05, 4.69) is 40.0 Å². The normalized spacial score (nSPS) is 13.0. The summed E-state index contributed by atoms with van der Waals surface area (Å²) < 4.78 is 0. The molecular weight excluding hydrogens is 254 g/mol. The zero-order chi connectivity index (χ0) is 14.1. The van der Waals surface area contributed by atoms with Gasteiger partial charge in [-0.05, 0) is 25.7 Å². The third kappa shape index (κ3) is 16.9. The van der Waals surface area contributed by atoms with Gasteiger partial charge < -0.3 is 0 Å². The van der Waals surface area contributed by atoms with Crippen molar-refractivity contribution in [2.24, 2.45) is 0 Å². The van der Waals surface area contributed by atoms with Crippen molar-refractivity contribution in [3.63, 3.8) is 0 Å². The summed E-state index contributed by atoms with van der Waals surface area (Å²) in [5, 5.41) is 0. The highest BCUT2D eigenvalue weighted by molar-refractivity contribution is 7.74. The van der Waals surface area contributed by atoms with Crippen LogP contribution in [0.25, 0.3) is 0 Å². The van der Waals surface area contributed by atoms with Gasteiger partial charge in [0.1, 0.15) is 0 Å². The van der Waals surface area contributed by atoms with Gasteiger partial charge in [0.15, 0.2) is 0 Å². The van der Waals surface area contributed by atoms with Crippen LogP contribution < -0.4 is 0 Å². The molecule has 18 heavy (non-hydrogen) atoms. The van der Waals surface area contributed by atoms with Crippen molar-refractivity contribution < 1.29 is 0 Å². The number of rotatable bonds is 11. The Morgan fingerprint density at radius 3 is 0.833 bits per heavy atom. The third-order valence-corrected chi connectivity index (χ3v) is 6.72. The van der Waals surface area contributed by atoms with Crippen LogP contribution in [0.15, 0.2) is 0 Å². The van der Waals surface area contributed by atoms with Gasteiger partial charge in [0.05, 0.1) is 12.3 Å². The smallest absolute Gasteiger partial charge is 0.0533 e. The van der Waals surface area contributed by atoms with Gasteiger partial charge >= 0.3 is 0 Å².